The SMILES string of the molecule is CCC(=O)c1c(-c2ccccc2)c2cc(Cl)ccc2c(=O)n1Cc1cc(C(=O)NC)n(C(C)C)n1. The van der Waals surface area contributed by atoms with Crippen molar-refractivity contribution in [1.29, 1.82) is 0 Å². The summed E-state index contributed by atoms with van der Waals surface area (Å²) in [5.74, 6) is -0.439. The van der Waals surface area contributed by atoms with Crippen molar-refractivity contribution in [3.05, 3.63) is 87.1 Å². The van der Waals surface area contributed by atoms with Crippen LogP contribution in [0, 0.1) is 0 Å². The van der Waals surface area contributed by atoms with E-state index >= 15 is 0 Å². The van der Waals surface area contributed by atoms with Gasteiger partial charge >= 0.3 is 0 Å². The molecule has 4 rings (SSSR count). The number of halogens is 1. The molecular weight excluding hydrogens is 464 g/mol. The fourth-order valence-electron chi connectivity index (χ4n) is 4.30. The van der Waals surface area contributed by atoms with Crippen molar-refractivity contribution in [2.45, 2.75) is 39.8 Å². The molecule has 0 saturated carbocycles. The maximum absolute atomic E-state index is 13.7. The van der Waals surface area contributed by atoms with E-state index in [-0.39, 0.29) is 36.3 Å². The Labute approximate surface area is 208 Å². The monoisotopic (exact) mass is 490 g/mol. The van der Waals surface area contributed by atoms with Gasteiger partial charge in [-0.1, -0.05) is 48.9 Å². The van der Waals surface area contributed by atoms with E-state index in [4.69, 9.17) is 11.6 Å². The maximum Gasteiger partial charge on any atom is 0.269 e. The molecular formula is C27H27ClN4O3. The Morgan fingerprint density at radius 3 is 2.40 bits per heavy atom. The molecule has 180 valence electrons. The lowest BCUT2D eigenvalue weighted by molar-refractivity contribution is 0.0948. The van der Waals surface area contributed by atoms with Gasteiger partial charge in [-0.15, -0.1) is 0 Å². The van der Waals surface area contributed by atoms with Crippen molar-refractivity contribution in [2.75, 3.05) is 7.05 Å². The van der Waals surface area contributed by atoms with Crippen LogP contribution in [0.25, 0.3) is 21.9 Å². The highest BCUT2D eigenvalue weighted by atomic mass is 35.5. The summed E-state index contributed by atoms with van der Waals surface area (Å²) in [4.78, 5) is 39.5. The molecule has 7 nitrogen and oxygen atoms in total. The summed E-state index contributed by atoms with van der Waals surface area (Å²) < 4.78 is 3.10. The second-order valence-corrected chi connectivity index (χ2v) is 9.02. The third-order valence-electron chi connectivity index (χ3n) is 5.94. The molecule has 0 spiro atoms. The predicted octanol–water partition coefficient (Wildman–Crippen LogP) is 5.10. The zero-order chi connectivity index (χ0) is 25.3. The number of pyridine rings is 1. The fraction of sp³-hybridized carbons (Fsp3) is 0.259. The minimum Gasteiger partial charge on any atom is -0.354 e. The number of hydrogen-bond acceptors (Lipinski definition) is 4. The largest absolute Gasteiger partial charge is 0.354 e. The van der Waals surface area contributed by atoms with Gasteiger partial charge in [-0.3, -0.25) is 23.6 Å². The Kier molecular flexibility index (Phi) is 6.89. The highest BCUT2D eigenvalue weighted by Gasteiger charge is 2.24. The molecule has 1 amide bonds. The van der Waals surface area contributed by atoms with Gasteiger partial charge in [0.1, 0.15) is 5.69 Å². The van der Waals surface area contributed by atoms with Gasteiger partial charge in [-0.25, -0.2) is 0 Å². The first-order valence-electron chi connectivity index (χ1n) is 11.5. The smallest absolute Gasteiger partial charge is 0.269 e. The minimum atomic E-state index is -0.311. The lowest BCUT2D eigenvalue weighted by Gasteiger charge is -2.19. The topological polar surface area (TPSA) is 86.0 Å². The molecule has 8 heteroatoms. The van der Waals surface area contributed by atoms with Gasteiger partial charge in [0.15, 0.2) is 5.78 Å². The molecule has 0 atom stereocenters. The average Bonchev–Trinajstić information content (AvgIpc) is 3.29. The summed E-state index contributed by atoms with van der Waals surface area (Å²) in [7, 11) is 1.56. The Morgan fingerprint density at radius 2 is 1.77 bits per heavy atom. The molecule has 0 fully saturated rings. The van der Waals surface area contributed by atoms with Crippen LogP contribution in [0.15, 0.2) is 59.4 Å². The van der Waals surface area contributed by atoms with Crippen molar-refractivity contribution in [1.82, 2.24) is 19.7 Å². The lowest BCUT2D eigenvalue weighted by Crippen LogP contribution is -2.28. The van der Waals surface area contributed by atoms with Gasteiger partial charge in [0, 0.05) is 35.5 Å². The summed E-state index contributed by atoms with van der Waals surface area (Å²) in [5.41, 5.74) is 2.36. The normalized spacial score (nSPS) is 11.3. The molecule has 0 radical (unpaired) electrons. The first-order valence-corrected chi connectivity index (χ1v) is 11.9. The summed E-state index contributed by atoms with van der Waals surface area (Å²) in [6, 6.07) is 16.2. The molecule has 0 bridgehead atoms. The Balaban J connectivity index is 2.05. The second kappa shape index (κ2) is 9.88. The van der Waals surface area contributed by atoms with Gasteiger partial charge in [0.25, 0.3) is 11.5 Å². The summed E-state index contributed by atoms with van der Waals surface area (Å²) in [6.07, 6.45) is 0.218. The molecule has 0 saturated heterocycles. The number of nitrogens with one attached hydrogen (secondary N) is 1. The number of Topliss-reactive ketones (excluding diaryl/α,β-unsaturated/α-hetero) is 1. The van der Waals surface area contributed by atoms with Crippen LogP contribution in [-0.4, -0.2) is 33.1 Å². The van der Waals surface area contributed by atoms with E-state index in [1.807, 2.05) is 44.2 Å². The van der Waals surface area contributed by atoms with Gasteiger partial charge in [0.2, 0.25) is 0 Å². The first-order chi connectivity index (χ1) is 16.8. The third-order valence-corrected chi connectivity index (χ3v) is 6.17. The predicted molar refractivity (Wildman–Crippen MR) is 138 cm³/mol. The average molecular weight is 491 g/mol. The van der Waals surface area contributed by atoms with E-state index in [1.54, 1.807) is 42.9 Å². The number of carbonyl (C=O) groups is 2. The minimum absolute atomic E-state index is 0.0437. The molecule has 0 unspecified atom stereocenters. The molecule has 2 heterocycles. The molecule has 35 heavy (non-hydrogen) atoms. The quantitative estimate of drug-likeness (QED) is 0.365. The van der Waals surface area contributed by atoms with Gasteiger partial charge in [-0.05, 0) is 49.1 Å². The molecule has 2 aromatic heterocycles. The highest BCUT2D eigenvalue weighted by molar-refractivity contribution is 6.31. The van der Waals surface area contributed by atoms with Crippen LogP contribution in [0.5, 0.6) is 0 Å². The number of ketones is 1. The van der Waals surface area contributed by atoms with Crippen LogP contribution < -0.4 is 10.9 Å². The van der Waals surface area contributed by atoms with Crippen molar-refractivity contribution >= 4 is 34.1 Å². The number of aromatic nitrogens is 3. The number of fused-ring (bicyclic) bond motifs is 1. The van der Waals surface area contributed by atoms with Crippen LogP contribution in [0.3, 0.4) is 0 Å². The van der Waals surface area contributed by atoms with Gasteiger partial charge in [-0.2, -0.15) is 5.10 Å². The van der Waals surface area contributed by atoms with Crippen LogP contribution in [-0.2, 0) is 6.54 Å². The van der Waals surface area contributed by atoms with Crippen molar-refractivity contribution in [2.24, 2.45) is 0 Å². The molecule has 1 N–H and O–H groups in total. The van der Waals surface area contributed by atoms with E-state index in [2.05, 4.69) is 10.4 Å². The highest BCUT2D eigenvalue weighted by Crippen LogP contribution is 2.33. The summed E-state index contributed by atoms with van der Waals surface area (Å²) >= 11 is 6.31. The lowest BCUT2D eigenvalue weighted by atomic mass is 9.94. The van der Waals surface area contributed by atoms with Crippen molar-refractivity contribution in [3.8, 4) is 11.1 Å². The summed E-state index contributed by atoms with van der Waals surface area (Å²) in [6.45, 7) is 5.66. The van der Waals surface area contributed by atoms with E-state index in [0.717, 1.165) is 5.56 Å². The third kappa shape index (κ3) is 4.51. The second-order valence-electron chi connectivity index (χ2n) is 8.59. The fourth-order valence-corrected chi connectivity index (χ4v) is 4.47. The standard InChI is InChI=1S/C27H27ClN4O3/c1-5-23(33)25-24(17-9-7-6-8-10-17)21-13-18(28)11-12-20(21)27(35)31(25)15-19-14-22(26(34)29-4)32(30-19)16(2)3/h6-14,16H,5,15H2,1-4H3,(H,29,34). The number of amides is 1. The Bertz CT molecular complexity index is 1490. The number of carbonyl (C=O) groups excluding carboxylic acids is 2. The summed E-state index contributed by atoms with van der Waals surface area (Å²) in [5, 5.41) is 8.79. The van der Waals surface area contributed by atoms with Gasteiger partial charge in [0.05, 0.1) is 17.9 Å². The van der Waals surface area contributed by atoms with Gasteiger partial charge < -0.3 is 5.32 Å². The number of rotatable bonds is 7. The zero-order valence-corrected chi connectivity index (χ0v) is 20.9. The van der Waals surface area contributed by atoms with Crippen LogP contribution >= 0.6 is 11.6 Å². The van der Waals surface area contributed by atoms with Crippen molar-refractivity contribution in [3.63, 3.8) is 0 Å². The number of benzene rings is 2. The van der Waals surface area contributed by atoms with Crippen LogP contribution in [0.2, 0.25) is 5.02 Å². The molecule has 4 aromatic rings. The Hall–Kier alpha value is -3.71. The van der Waals surface area contributed by atoms with Crippen molar-refractivity contribution < 1.29 is 9.59 Å². The van der Waals surface area contributed by atoms with E-state index in [0.29, 0.717) is 38.4 Å². The van der Waals surface area contributed by atoms with E-state index in [9.17, 15) is 14.4 Å². The molecule has 0 aliphatic rings. The first kappa shape index (κ1) is 24.4. The number of hydrogen-bond donors (Lipinski definition) is 1. The number of nitrogens with zero attached hydrogens (tertiary/aromatic N) is 3. The zero-order valence-electron chi connectivity index (χ0n) is 20.1. The molecule has 0 aliphatic carbocycles. The van der Waals surface area contributed by atoms with Crippen LogP contribution in [0.1, 0.15) is 59.9 Å². The van der Waals surface area contributed by atoms with Crippen LogP contribution in [0.4, 0.5) is 0 Å². The maximum atomic E-state index is 13.7. The van der Waals surface area contributed by atoms with E-state index < -0.39 is 0 Å². The Morgan fingerprint density at radius 1 is 1.06 bits per heavy atom. The molecule has 0 aliphatic heterocycles. The molecule has 2 aromatic carbocycles. The van der Waals surface area contributed by atoms with E-state index in [1.165, 1.54) is 4.57 Å².